The number of urea groups is 1. The van der Waals surface area contributed by atoms with Crippen LogP contribution in [0.25, 0.3) is 0 Å². The molecule has 0 aliphatic rings. The van der Waals surface area contributed by atoms with Crippen molar-refractivity contribution in [3.8, 4) is 0 Å². The molecule has 0 saturated carbocycles. The van der Waals surface area contributed by atoms with E-state index >= 15 is 0 Å². The number of aromatic nitrogens is 1. The minimum atomic E-state index is -1.27. The van der Waals surface area contributed by atoms with Crippen molar-refractivity contribution in [2.24, 2.45) is 0 Å². The number of aliphatic carboxylic acids is 2. The van der Waals surface area contributed by atoms with Gasteiger partial charge in [-0.2, -0.15) is 0 Å². The van der Waals surface area contributed by atoms with Crippen molar-refractivity contribution in [3.05, 3.63) is 16.6 Å². The van der Waals surface area contributed by atoms with Crippen LogP contribution >= 0.6 is 11.3 Å². The van der Waals surface area contributed by atoms with Gasteiger partial charge in [-0.25, -0.2) is 9.78 Å². The summed E-state index contributed by atoms with van der Waals surface area (Å²) in [6.07, 6.45) is 0. The second-order valence-corrected chi connectivity index (χ2v) is 4.48. The maximum Gasteiger partial charge on any atom is 0.323 e. The fourth-order valence-electron chi connectivity index (χ4n) is 1.39. The number of thiazole rings is 1. The molecule has 0 saturated heterocycles. The quantitative estimate of drug-likeness (QED) is 0.771. The van der Waals surface area contributed by atoms with Crippen LogP contribution in [0.4, 0.5) is 4.79 Å². The summed E-state index contributed by atoms with van der Waals surface area (Å²) in [5.74, 6) is -2.53. The molecule has 1 rings (SSSR count). The minimum absolute atomic E-state index is 0.193. The Kier molecular flexibility index (Phi) is 5.24. The Bertz CT molecular complexity index is 446. The average molecular weight is 287 g/mol. The molecule has 1 aromatic rings. The molecule has 9 heteroatoms. The lowest BCUT2D eigenvalue weighted by molar-refractivity contribution is -0.140. The molecule has 0 fully saturated rings. The summed E-state index contributed by atoms with van der Waals surface area (Å²) >= 11 is 1.37. The van der Waals surface area contributed by atoms with Gasteiger partial charge < -0.3 is 20.0 Å². The number of carbonyl (C=O) groups is 3. The van der Waals surface area contributed by atoms with Crippen molar-refractivity contribution in [2.75, 3.05) is 20.1 Å². The van der Waals surface area contributed by atoms with E-state index in [-0.39, 0.29) is 6.54 Å². The van der Waals surface area contributed by atoms with E-state index in [0.29, 0.717) is 5.69 Å². The number of nitrogens with zero attached hydrogens (tertiary/aromatic N) is 3. The third kappa shape index (κ3) is 4.92. The Balaban J connectivity index is 2.68. The lowest BCUT2D eigenvalue weighted by atomic mass is 10.4. The van der Waals surface area contributed by atoms with Crippen LogP contribution < -0.4 is 0 Å². The Labute approximate surface area is 112 Å². The molecule has 0 bridgehead atoms. The summed E-state index contributed by atoms with van der Waals surface area (Å²) in [5, 5.41) is 19.1. The molecule has 8 nitrogen and oxygen atoms in total. The molecule has 2 N–H and O–H groups in total. The second kappa shape index (κ2) is 6.69. The zero-order valence-corrected chi connectivity index (χ0v) is 11.0. The Morgan fingerprint density at radius 3 is 2.26 bits per heavy atom. The largest absolute Gasteiger partial charge is 0.480 e. The molecular weight excluding hydrogens is 274 g/mol. The van der Waals surface area contributed by atoms with Crippen LogP contribution in [0.5, 0.6) is 0 Å². The zero-order chi connectivity index (χ0) is 14.4. The van der Waals surface area contributed by atoms with Crippen molar-refractivity contribution in [1.82, 2.24) is 14.8 Å². The van der Waals surface area contributed by atoms with Gasteiger partial charge in [-0.05, 0) is 0 Å². The molecule has 104 valence electrons. The molecule has 0 unspecified atom stereocenters. The summed E-state index contributed by atoms with van der Waals surface area (Å²) in [5.41, 5.74) is 2.27. The highest BCUT2D eigenvalue weighted by Crippen LogP contribution is 2.06. The minimum Gasteiger partial charge on any atom is -0.480 e. The van der Waals surface area contributed by atoms with E-state index in [1.807, 2.05) is 0 Å². The summed E-state index contributed by atoms with van der Waals surface area (Å²) in [6, 6.07) is -0.669. The van der Waals surface area contributed by atoms with Crippen LogP contribution in [0, 0.1) is 0 Å². The van der Waals surface area contributed by atoms with Crippen LogP contribution in [0.2, 0.25) is 0 Å². The first kappa shape index (κ1) is 14.9. The van der Waals surface area contributed by atoms with Gasteiger partial charge >= 0.3 is 18.0 Å². The van der Waals surface area contributed by atoms with Gasteiger partial charge in [0.1, 0.15) is 13.1 Å². The summed E-state index contributed by atoms with van der Waals surface area (Å²) in [7, 11) is 1.46. The second-order valence-electron chi connectivity index (χ2n) is 3.76. The van der Waals surface area contributed by atoms with Gasteiger partial charge in [0.05, 0.1) is 17.7 Å². The van der Waals surface area contributed by atoms with Crippen molar-refractivity contribution in [2.45, 2.75) is 6.54 Å². The number of rotatable bonds is 6. The standard InChI is InChI=1S/C10H13N3O5S/c1-12(2-7-5-19-6-11-7)10(18)13(3-8(14)15)4-9(16)17/h5-6H,2-4H2,1H3,(H,14,15)(H,16,17). The third-order valence-electron chi connectivity index (χ3n) is 2.13. The number of amides is 2. The molecule has 2 amide bonds. The predicted octanol–water partition coefficient (Wildman–Crippen LogP) is 0.166. The fraction of sp³-hybridized carbons (Fsp3) is 0.400. The molecule has 0 aliphatic heterocycles. The molecule has 1 heterocycles. The van der Waals surface area contributed by atoms with E-state index < -0.39 is 31.1 Å². The molecule has 0 radical (unpaired) electrons. The van der Waals surface area contributed by atoms with Crippen molar-refractivity contribution < 1.29 is 24.6 Å². The van der Waals surface area contributed by atoms with Crippen LogP contribution in [0.3, 0.4) is 0 Å². The predicted molar refractivity (Wildman–Crippen MR) is 65.8 cm³/mol. The smallest absolute Gasteiger partial charge is 0.323 e. The van der Waals surface area contributed by atoms with E-state index in [2.05, 4.69) is 4.98 Å². The van der Waals surface area contributed by atoms with Gasteiger partial charge in [0.2, 0.25) is 0 Å². The Morgan fingerprint density at radius 1 is 1.26 bits per heavy atom. The molecule has 19 heavy (non-hydrogen) atoms. The normalized spacial score (nSPS) is 9.95. The van der Waals surface area contributed by atoms with Crippen LogP contribution in [-0.2, 0) is 16.1 Å². The summed E-state index contributed by atoms with van der Waals surface area (Å²) in [4.78, 5) is 39.1. The molecule has 0 atom stereocenters. The van der Waals surface area contributed by atoms with Crippen LogP contribution in [0.1, 0.15) is 5.69 Å². The number of carboxylic acid groups (broad SMARTS) is 2. The maximum atomic E-state index is 11.9. The third-order valence-corrected chi connectivity index (χ3v) is 2.77. The number of carbonyl (C=O) groups excluding carboxylic acids is 1. The van der Waals surface area contributed by atoms with E-state index in [1.165, 1.54) is 23.3 Å². The highest BCUT2D eigenvalue weighted by atomic mass is 32.1. The number of hydrogen-bond acceptors (Lipinski definition) is 5. The summed E-state index contributed by atoms with van der Waals surface area (Å²) < 4.78 is 0. The topological polar surface area (TPSA) is 111 Å². The average Bonchev–Trinajstić information content (AvgIpc) is 2.78. The first-order chi connectivity index (χ1) is 8.90. The summed E-state index contributed by atoms with van der Waals surface area (Å²) in [6.45, 7) is -1.13. The molecule has 0 aromatic carbocycles. The fourth-order valence-corrected chi connectivity index (χ4v) is 1.93. The SMILES string of the molecule is CN(Cc1cscn1)C(=O)N(CC(=O)O)CC(=O)O. The van der Waals surface area contributed by atoms with E-state index in [4.69, 9.17) is 10.2 Å². The van der Waals surface area contributed by atoms with E-state index in [0.717, 1.165) is 4.90 Å². The van der Waals surface area contributed by atoms with Gasteiger partial charge in [0.25, 0.3) is 0 Å². The highest BCUT2D eigenvalue weighted by Gasteiger charge is 2.23. The molecular formula is C10H13N3O5S. The van der Waals surface area contributed by atoms with E-state index in [9.17, 15) is 14.4 Å². The highest BCUT2D eigenvalue weighted by molar-refractivity contribution is 7.07. The van der Waals surface area contributed by atoms with Gasteiger partial charge in [0, 0.05) is 12.4 Å². The van der Waals surface area contributed by atoms with Crippen molar-refractivity contribution >= 4 is 29.3 Å². The lowest BCUT2D eigenvalue weighted by Crippen LogP contribution is -2.45. The molecule has 1 aromatic heterocycles. The van der Waals surface area contributed by atoms with Crippen molar-refractivity contribution in [1.29, 1.82) is 0 Å². The Morgan fingerprint density at radius 2 is 1.84 bits per heavy atom. The van der Waals surface area contributed by atoms with E-state index in [1.54, 1.807) is 10.9 Å². The first-order valence-electron chi connectivity index (χ1n) is 5.21. The van der Waals surface area contributed by atoms with Gasteiger partial charge in [0.15, 0.2) is 0 Å². The molecule has 0 aliphatic carbocycles. The maximum absolute atomic E-state index is 11.9. The zero-order valence-electron chi connectivity index (χ0n) is 10.1. The number of carboxylic acids is 2. The lowest BCUT2D eigenvalue weighted by Gasteiger charge is -2.25. The number of hydrogen-bond donors (Lipinski definition) is 2. The Hall–Kier alpha value is -2.16. The van der Waals surface area contributed by atoms with Crippen LogP contribution in [-0.4, -0.2) is 63.1 Å². The van der Waals surface area contributed by atoms with Crippen molar-refractivity contribution in [3.63, 3.8) is 0 Å². The molecule has 0 spiro atoms. The van der Waals surface area contributed by atoms with Gasteiger partial charge in [-0.1, -0.05) is 0 Å². The van der Waals surface area contributed by atoms with Gasteiger partial charge in [-0.15, -0.1) is 11.3 Å². The monoisotopic (exact) mass is 287 g/mol. The first-order valence-corrected chi connectivity index (χ1v) is 6.15. The van der Waals surface area contributed by atoms with Gasteiger partial charge in [-0.3, -0.25) is 9.59 Å². The van der Waals surface area contributed by atoms with Crippen LogP contribution in [0.15, 0.2) is 10.9 Å².